The zero-order valence-electron chi connectivity index (χ0n) is 16.0. The van der Waals surface area contributed by atoms with Crippen LogP contribution in [0.4, 0.5) is 5.69 Å². The van der Waals surface area contributed by atoms with Gasteiger partial charge in [-0.15, -0.1) is 11.3 Å². The Morgan fingerprint density at radius 1 is 1.18 bits per heavy atom. The SMILES string of the molecule is CCOC=Nc1c(C(=O)OCC)sc2nc(-c3ccccc3)c3c(c12)CCC3. The van der Waals surface area contributed by atoms with Gasteiger partial charge in [0.25, 0.3) is 0 Å². The van der Waals surface area contributed by atoms with Crippen LogP contribution in [0.25, 0.3) is 21.5 Å². The Bertz CT molecular complexity index is 1040. The molecule has 1 aliphatic rings. The molecule has 6 heteroatoms. The lowest BCUT2D eigenvalue weighted by Crippen LogP contribution is -2.02. The van der Waals surface area contributed by atoms with Crippen LogP contribution in [-0.2, 0) is 22.3 Å². The molecule has 0 fully saturated rings. The van der Waals surface area contributed by atoms with Gasteiger partial charge in [0.1, 0.15) is 15.4 Å². The van der Waals surface area contributed by atoms with Crippen molar-refractivity contribution >= 4 is 39.6 Å². The number of carbonyl (C=O) groups is 1. The fourth-order valence-electron chi connectivity index (χ4n) is 3.67. The maximum Gasteiger partial charge on any atom is 0.350 e. The zero-order chi connectivity index (χ0) is 19.5. The standard InChI is InChI=1S/C22H22N2O3S/c1-3-26-13-23-19-17-15-11-8-12-16(15)18(14-9-6-5-7-10-14)24-21(17)28-20(19)22(25)27-4-2/h5-7,9-10,13H,3-4,8,11-12H2,1-2H3. The molecule has 0 saturated heterocycles. The smallest absolute Gasteiger partial charge is 0.350 e. The van der Waals surface area contributed by atoms with Crippen LogP contribution in [0, 0.1) is 0 Å². The lowest BCUT2D eigenvalue weighted by molar-refractivity contribution is 0.0533. The molecule has 2 aromatic heterocycles. The Hall–Kier alpha value is -2.73. The number of rotatable bonds is 6. The van der Waals surface area contributed by atoms with Crippen LogP contribution in [0.5, 0.6) is 0 Å². The van der Waals surface area contributed by atoms with Crippen molar-refractivity contribution in [1.82, 2.24) is 4.98 Å². The summed E-state index contributed by atoms with van der Waals surface area (Å²) in [4.78, 5) is 23.3. The van der Waals surface area contributed by atoms with E-state index in [0.29, 0.717) is 23.8 Å². The fraction of sp³-hybridized carbons (Fsp3) is 0.318. The number of hydrogen-bond acceptors (Lipinski definition) is 6. The van der Waals surface area contributed by atoms with Crippen molar-refractivity contribution in [2.24, 2.45) is 4.99 Å². The molecule has 0 aliphatic heterocycles. The maximum absolute atomic E-state index is 12.6. The minimum atomic E-state index is -0.359. The molecular weight excluding hydrogens is 372 g/mol. The van der Waals surface area contributed by atoms with Gasteiger partial charge in [-0.1, -0.05) is 30.3 Å². The maximum atomic E-state index is 12.6. The van der Waals surface area contributed by atoms with Crippen molar-refractivity contribution in [2.45, 2.75) is 33.1 Å². The Balaban J connectivity index is 1.96. The van der Waals surface area contributed by atoms with Gasteiger partial charge in [0.05, 0.1) is 18.9 Å². The Labute approximate surface area is 168 Å². The van der Waals surface area contributed by atoms with Crippen LogP contribution in [0.3, 0.4) is 0 Å². The molecule has 28 heavy (non-hydrogen) atoms. The average molecular weight is 394 g/mol. The van der Waals surface area contributed by atoms with Crippen molar-refractivity contribution < 1.29 is 14.3 Å². The van der Waals surface area contributed by atoms with Gasteiger partial charge in [0.15, 0.2) is 6.40 Å². The summed E-state index contributed by atoms with van der Waals surface area (Å²) in [6.07, 6.45) is 4.44. The topological polar surface area (TPSA) is 60.8 Å². The number of aromatic nitrogens is 1. The molecule has 0 bridgehead atoms. The molecule has 0 spiro atoms. The molecule has 2 heterocycles. The minimum Gasteiger partial charge on any atom is -0.483 e. The van der Waals surface area contributed by atoms with Crippen molar-refractivity contribution in [3.8, 4) is 11.3 Å². The van der Waals surface area contributed by atoms with E-state index in [0.717, 1.165) is 40.7 Å². The summed E-state index contributed by atoms with van der Waals surface area (Å²) in [6.45, 7) is 4.55. The van der Waals surface area contributed by atoms with Gasteiger partial charge in [0, 0.05) is 10.9 Å². The van der Waals surface area contributed by atoms with E-state index in [1.165, 1.54) is 28.9 Å². The number of thiophene rings is 1. The first kappa shape index (κ1) is 18.6. The van der Waals surface area contributed by atoms with Gasteiger partial charge in [-0.05, 0) is 44.2 Å². The summed E-state index contributed by atoms with van der Waals surface area (Å²) < 4.78 is 10.6. The summed E-state index contributed by atoms with van der Waals surface area (Å²) in [5.74, 6) is -0.359. The summed E-state index contributed by atoms with van der Waals surface area (Å²) in [7, 11) is 0. The molecule has 0 N–H and O–H groups in total. The molecule has 1 aliphatic carbocycles. The minimum absolute atomic E-state index is 0.322. The Morgan fingerprint density at radius 3 is 2.71 bits per heavy atom. The molecule has 0 atom stereocenters. The molecule has 3 aromatic rings. The molecular formula is C22H22N2O3S. The lowest BCUT2D eigenvalue weighted by Gasteiger charge is -2.10. The van der Waals surface area contributed by atoms with Gasteiger partial charge in [-0.3, -0.25) is 0 Å². The zero-order valence-corrected chi connectivity index (χ0v) is 16.8. The number of aryl methyl sites for hydroxylation is 1. The van der Waals surface area contributed by atoms with Gasteiger partial charge in [-0.2, -0.15) is 0 Å². The number of benzene rings is 1. The molecule has 0 unspecified atom stereocenters. The second-order valence-corrected chi connectivity index (χ2v) is 7.51. The highest BCUT2D eigenvalue weighted by Crippen LogP contribution is 2.45. The summed E-state index contributed by atoms with van der Waals surface area (Å²) in [6, 6.07) is 10.2. The second kappa shape index (κ2) is 8.10. The van der Waals surface area contributed by atoms with Crippen LogP contribution in [0.15, 0.2) is 35.3 Å². The van der Waals surface area contributed by atoms with Gasteiger partial charge >= 0.3 is 5.97 Å². The monoisotopic (exact) mass is 394 g/mol. The Kier molecular flexibility index (Phi) is 5.39. The molecule has 0 saturated carbocycles. The summed E-state index contributed by atoms with van der Waals surface area (Å²) in [5, 5.41) is 0.969. The highest BCUT2D eigenvalue weighted by molar-refractivity contribution is 7.21. The predicted molar refractivity (Wildman–Crippen MR) is 113 cm³/mol. The number of esters is 1. The number of pyridine rings is 1. The number of hydrogen-bond donors (Lipinski definition) is 0. The quantitative estimate of drug-likeness (QED) is 0.322. The fourth-order valence-corrected chi connectivity index (χ4v) is 4.71. The van der Waals surface area contributed by atoms with Crippen molar-refractivity contribution in [3.05, 3.63) is 46.3 Å². The van der Waals surface area contributed by atoms with E-state index in [1.807, 2.05) is 25.1 Å². The first-order valence-corrected chi connectivity index (χ1v) is 10.4. The predicted octanol–water partition coefficient (Wildman–Crippen LogP) is 5.33. The third-order valence-corrected chi connectivity index (χ3v) is 5.87. The van der Waals surface area contributed by atoms with Crippen LogP contribution >= 0.6 is 11.3 Å². The van der Waals surface area contributed by atoms with Gasteiger partial charge < -0.3 is 9.47 Å². The van der Waals surface area contributed by atoms with Crippen molar-refractivity contribution in [3.63, 3.8) is 0 Å². The average Bonchev–Trinajstić information content (AvgIpc) is 3.33. The van der Waals surface area contributed by atoms with Gasteiger partial charge in [-0.25, -0.2) is 14.8 Å². The van der Waals surface area contributed by atoms with E-state index in [-0.39, 0.29) is 5.97 Å². The lowest BCUT2D eigenvalue weighted by atomic mass is 10.0. The number of ether oxygens (including phenoxy) is 2. The first-order chi connectivity index (χ1) is 13.7. The molecule has 1 aromatic carbocycles. The van der Waals surface area contributed by atoms with Gasteiger partial charge in [0.2, 0.25) is 0 Å². The van der Waals surface area contributed by atoms with Crippen LogP contribution in [0.2, 0.25) is 0 Å². The van der Waals surface area contributed by atoms with E-state index in [2.05, 4.69) is 17.1 Å². The largest absolute Gasteiger partial charge is 0.483 e. The normalized spacial score (nSPS) is 13.2. The molecule has 4 rings (SSSR count). The van der Waals surface area contributed by atoms with E-state index in [1.54, 1.807) is 6.92 Å². The summed E-state index contributed by atoms with van der Waals surface area (Å²) >= 11 is 1.35. The molecule has 0 amide bonds. The number of fused-ring (bicyclic) bond motifs is 3. The van der Waals surface area contributed by atoms with Crippen LogP contribution in [-0.4, -0.2) is 30.6 Å². The van der Waals surface area contributed by atoms with E-state index in [4.69, 9.17) is 14.5 Å². The van der Waals surface area contributed by atoms with E-state index >= 15 is 0 Å². The molecule has 144 valence electrons. The summed E-state index contributed by atoms with van der Waals surface area (Å²) in [5.41, 5.74) is 5.25. The second-order valence-electron chi connectivity index (χ2n) is 6.51. The Morgan fingerprint density at radius 2 is 1.96 bits per heavy atom. The molecule has 5 nitrogen and oxygen atoms in total. The third-order valence-electron chi connectivity index (χ3n) is 4.81. The number of nitrogens with zero attached hydrogens (tertiary/aromatic N) is 2. The van der Waals surface area contributed by atoms with Crippen molar-refractivity contribution in [2.75, 3.05) is 13.2 Å². The van der Waals surface area contributed by atoms with E-state index < -0.39 is 0 Å². The number of carbonyl (C=O) groups excluding carboxylic acids is 1. The van der Waals surface area contributed by atoms with Crippen LogP contribution in [0.1, 0.15) is 41.1 Å². The highest BCUT2D eigenvalue weighted by atomic mass is 32.1. The van der Waals surface area contributed by atoms with Crippen molar-refractivity contribution in [1.29, 1.82) is 0 Å². The number of aliphatic imine (C=N–C) groups is 1. The van der Waals surface area contributed by atoms with E-state index in [9.17, 15) is 4.79 Å². The molecule has 0 radical (unpaired) electrons. The third kappa shape index (κ3) is 3.29. The van der Waals surface area contributed by atoms with Crippen LogP contribution < -0.4 is 0 Å². The highest BCUT2D eigenvalue weighted by Gasteiger charge is 2.28. The first-order valence-electron chi connectivity index (χ1n) is 9.59.